The molecule has 0 amide bonds. The van der Waals surface area contributed by atoms with Crippen molar-refractivity contribution in [3.63, 3.8) is 0 Å². The molecule has 18 heavy (non-hydrogen) atoms. The number of ether oxygens (including phenoxy) is 1. The summed E-state index contributed by atoms with van der Waals surface area (Å²) in [6.07, 6.45) is 1.71. The normalized spacial score (nSPS) is 19.8. The number of benzene rings is 1. The van der Waals surface area contributed by atoms with E-state index in [2.05, 4.69) is 0 Å². The van der Waals surface area contributed by atoms with Gasteiger partial charge in [0.25, 0.3) is 5.92 Å². The second kappa shape index (κ2) is 4.94. The largest absolute Gasteiger partial charge is 0.381 e. The van der Waals surface area contributed by atoms with E-state index in [9.17, 15) is 8.78 Å². The van der Waals surface area contributed by atoms with E-state index in [1.807, 2.05) is 0 Å². The van der Waals surface area contributed by atoms with Crippen LogP contribution in [0, 0.1) is 0 Å². The quantitative estimate of drug-likeness (QED) is 0.901. The molecule has 1 fully saturated rings. The van der Waals surface area contributed by atoms with E-state index in [0.29, 0.717) is 19.8 Å². The summed E-state index contributed by atoms with van der Waals surface area (Å²) in [7, 11) is 0. The van der Waals surface area contributed by atoms with Crippen molar-refractivity contribution in [2.45, 2.75) is 31.1 Å². The fraction of sp³-hybridized carbons (Fsp3) is 0.571. The van der Waals surface area contributed by atoms with Gasteiger partial charge in [0.05, 0.1) is 0 Å². The van der Waals surface area contributed by atoms with Gasteiger partial charge in [-0.2, -0.15) is 0 Å². The third kappa shape index (κ3) is 2.54. The van der Waals surface area contributed by atoms with Gasteiger partial charge in [-0.05, 0) is 18.4 Å². The molecule has 0 radical (unpaired) electrons. The molecule has 0 unspecified atom stereocenters. The zero-order valence-electron chi connectivity index (χ0n) is 10.6. The number of nitrogens with two attached hydrogens (primary N) is 1. The maximum atomic E-state index is 13.2. The predicted octanol–water partition coefficient (Wildman–Crippen LogP) is 2.81. The van der Waals surface area contributed by atoms with Crippen LogP contribution in [-0.4, -0.2) is 19.8 Å². The molecule has 1 aliphatic heterocycles. The van der Waals surface area contributed by atoms with Gasteiger partial charge in [-0.25, -0.2) is 8.78 Å². The lowest BCUT2D eigenvalue weighted by Gasteiger charge is -2.36. The van der Waals surface area contributed by atoms with Gasteiger partial charge in [0.1, 0.15) is 0 Å². The van der Waals surface area contributed by atoms with Crippen LogP contribution in [0.15, 0.2) is 24.3 Å². The van der Waals surface area contributed by atoms with E-state index >= 15 is 0 Å². The number of rotatable bonds is 3. The monoisotopic (exact) mass is 255 g/mol. The van der Waals surface area contributed by atoms with Crippen molar-refractivity contribution < 1.29 is 13.5 Å². The molecule has 2 N–H and O–H groups in total. The molecule has 2 nitrogen and oxygen atoms in total. The van der Waals surface area contributed by atoms with Crippen LogP contribution in [0.2, 0.25) is 0 Å². The maximum absolute atomic E-state index is 13.2. The van der Waals surface area contributed by atoms with Crippen molar-refractivity contribution in [3.8, 4) is 0 Å². The minimum atomic E-state index is -2.79. The third-order valence-electron chi connectivity index (χ3n) is 3.84. The lowest BCUT2D eigenvalue weighted by atomic mass is 9.74. The zero-order valence-corrected chi connectivity index (χ0v) is 10.6. The van der Waals surface area contributed by atoms with Crippen LogP contribution in [0.1, 0.15) is 30.9 Å². The highest BCUT2D eigenvalue weighted by Gasteiger charge is 2.33. The van der Waals surface area contributed by atoms with E-state index in [1.165, 1.54) is 12.1 Å². The summed E-state index contributed by atoms with van der Waals surface area (Å²) in [5.41, 5.74) is 6.87. The van der Waals surface area contributed by atoms with Gasteiger partial charge < -0.3 is 10.5 Å². The molecule has 1 aliphatic rings. The van der Waals surface area contributed by atoms with Crippen LogP contribution in [0.4, 0.5) is 8.78 Å². The summed E-state index contributed by atoms with van der Waals surface area (Å²) in [5, 5.41) is 0. The van der Waals surface area contributed by atoms with Gasteiger partial charge in [-0.1, -0.05) is 24.3 Å². The van der Waals surface area contributed by atoms with Crippen molar-refractivity contribution in [1.82, 2.24) is 0 Å². The summed E-state index contributed by atoms with van der Waals surface area (Å²) in [4.78, 5) is 0. The van der Waals surface area contributed by atoms with Gasteiger partial charge in [-0.15, -0.1) is 0 Å². The highest BCUT2D eigenvalue weighted by Crippen LogP contribution is 2.35. The first-order valence-electron chi connectivity index (χ1n) is 6.25. The summed E-state index contributed by atoms with van der Waals surface area (Å²) in [6, 6.07) is 6.57. The lowest BCUT2D eigenvalue weighted by Crippen LogP contribution is -2.40. The second-order valence-corrected chi connectivity index (χ2v) is 5.06. The Labute approximate surface area is 106 Å². The van der Waals surface area contributed by atoms with Gasteiger partial charge in [0.2, 0.25) is 0 Å². The molecule has 100 valence electrons. The molecule has 1 heterocycles. The first kappa shape index (κ1) is 13.4. The Morgan fingerprint density at radius 1 is 1.22 bits per heavy atom. The molecule has 1 saturated heterocycles. The number of hydrogen-bond donors (Lipinski definition) is 1. The maximum Gasteiger partial charge on any atom is 0.270 e. The zero-order chi connectivity index (χ0) is 13.2. The van der Waals surface area contributed by atoms with E-state index in [-0.39, 0.29) is 11.0 Å². The highest BCUT2D eigenvalue weighted by molar-refractivity contribution is 5.31. The van der Waals surface area contributed by atoms with Gasteiger partial charge in [0, 0.05) is 37.7 Å². The summed E-state index contributed by atoms with van der Waals surface area (Å²) < 4.78 is 31.7. The Bertz CT molecular complexity index is 391. The molecular weight excluding hydrogens is 236 g/mol. The molecule has 0 aliphatic carbocycles. The smallest absolute Gasteiger partial charge is 0.270 e. The van der Waals surface area contributed by atoms with Gasteiger partial charge >= 0.3 is 0 Å². The summed E-state index contributed by atoms with van der Waals surface area (Å²) >= 11 is 0. The van der Waals surface area contributed by atoms with Crippen LogP contribution in [0.25, 0.3) is 0 Å². The molecule has 4 heteroatoms. The molecular formula is C14H19F2NO. The van der Waals surface area contributed by atoms with E-state index in [4.69, 9.17) is 10.5 Å². The van der Waals surface area contributed by atoms with Gasteiger partial charge in [0.15, 0.2) is 0 Å². The average Bonchev–Trinajstić information content (AvgIpc) is 2.39. The third-order valence-corrected chi connectivity index (χ3v) is 3.84. The molecule has 0 bridgehead atoms. The van der Waals surface area contributed by atoms with Crippen LogP contribution < -0.4 is 5.73 Å². The molecule has 0 aromatic heterocycles. The minimum Gasteiger partial charge on any atom is -0.381 e. The minimum absolute atomic E-state index is 0.0467. The molecule has 0 atom stereocenters. The molecule has 1 aromatic rings. The molecule has 0 spiro atoms. The van der Waals surface area contributed by atoms with Crippen LogP contribution in [-0.2, 0) is 16.1 Å². The van der Waals surface area contributed by atoms with Crippen molar-refractivity contribution in [2.75, 3.05) is 19.8 Å². The first-order chi connectivity index (χ1) is 8.48. The standard InChI is InChI=1S/C14H19F2NO/c1-13(15,16)11-2-4-12(5-3-11)14(10-17)6-8-18-9-7-14/h2-5H,6-10,17H2,1H3. The fourth-order valence-electron chi connectivity index (χ4n) is 2.49. The van der Waals surface area contributed by atoms with Crippen LogP contribution in [0.5, 0.6) is 0 Å². The molecule has 1 aromatic carbocycles. The Morgan fingerprint density at radius 2 is 1.78 bits per heavy atom. The van der Waals surface area contributed by atoms with E-state index < -0.39 is 5.92 Å². The predicted molar refractivity (Wildman–Crippen MR) is 66.8 cm³/mol. The summed E-state index contributed by atoms with van der Waals surface area (Å²) in [6.45, 7) is 2.80. The first-order valence-corrected chi connectivity index (χ1v) is 6.25. The lowest BCUT2D eigenvalue weighted by molar-refractivity contribution is 0.0173. The fourth-order valence-corrected chi connectivity index (χ4v) is 2.49. The van der Waals surface area contributed by atoms with E-state index in [0.717, 1.165) is 25.3 Å². The van der Waals surface area contributed by atoms with E-state index in [1.54, 1.807) is 12.1 Å². The Balaban J connectivity index is 2.27. The Kier molecular flexibility index (Phi) is 3.69. The van der Waals surface area contributed by atoms with Crippen molar-refractivity contribution in [2.24, 2.45) is 5.73 Å². The van der Waals surface area contributed by atoms with Crippen LogP contribution in [0.3, 0.4) is 0 Å². The van der Waals surface area contributed by atoms with Crippen molar-refractivity contribution in [1.29, 1.82) is 0 Å². The number of hydrogen-bond acceptors (Lipinski definition) is 2. The Hall–Kier alpha value is -1.00. The van der Waals surface area contributed by atoms with Crippen molar-refractivity contribution in [3.05, 3.63) is 35.4 Å². The molecule has 2 rings (SSSR count). The summed E-state index contributed by atoms with van der Waals surface area (Å²) in [5.74, 6) is -2.79. The van der Waals surface area contributed by atoms with Gasteiger partial charge in [-0.3, -0.25) is 0 Å². The number of halogens is 2. The topological polar surface area (TPSA) is 35.2 Å². The second-order valence-electron chi connectivity index (χ2n) is 5.06. The average molecular weight is 255 g/mol. The Morgan fingerprint density at radius 3 is 2.22 bits per heavy atom. The highest BCUT2D eigenvalue weighted by atomic mass is 19.3. The number of alkyl halides is 2. The molecule has 0 saturated carbocycles. The van der Waals surface area contributed by atoms with Crippen molar-refractivity contribution >= 4 is 0 Å². The van der Waals surface area contributed by atoms with Crippen LogP contribution >= 0.6 is 0 Å². The SMILES string of the molecule is CC(F)(F)c1ccc(C2(CN)CCOCC2)cc1.